The quantitative estimate of drug-likeness (QED) is 0.871. The van der Waals surface area contributed by atoms with E-state index in [-0.39, 0.29) is 0 Å². The molecule has 0 amide bonds. The molecule has 0 unspecified atom stereocenters. The lowest BCUT2D eigenvalue weighted by Crippen LogP contribution is -2.25. The minimum absolute atomic E-state index is 0.500. The molecule has 0 bridgehead atoms. The second-order valence-electron chi connectivity index (χ2n) is 4.70. The van der Waals surface area contributed by atoms with Gasteiger partial charge in [0, 0.05) is 25.3 Å². The first-order valence-electron chi connectivity index (χ1n) is 6.56. The summed E-state index contributed by atoms with van der Waals surface area (Å²) in [5.74, 6) is 0. The standard InChI is InChI=1S/C16H14ClN3/c17-14-5-3-7-16(13(14)10-18)20-9-8-19-11-12-4-1-2-6-15(12)20/h1-7,19H,8-9,11H2. The topological polar surface area (TPSA) is 39.1 Å². The third-order valence-electron chi connectivity index (χ3n) is 3.50. The molecule has 1 N–H and O–H groups in total. The number of hydrogen-bond acceptors (Lipinski definition) is 3. The lowest BCUT2D eigenvalue weighted by molar-refractivity contribution is 0.712. The second-order valence-corrected chi connectivity index (χ2v) is 5.11. The Bertz CT molecular complexity index is 676. The van der Waals surface area contributed by atoms with Crippen molar-refractivity contribution < 1.29 is 0 Å². The number of benzene rings is 2. The van der Waals surface area contributed by atoms with Crippen LogP contribution in [0.3, 0.4) is 0 Å². The van der Waals surface area contributed by atoms with Gasteiger partial charge >= 0.3 is 0 Å². The predicted molar refractivity (Wildman–Crippen MR) is 81.3 cm³/mol. The molecule has 4 heteroatoms. The van der Waals surface area contributed by atoms with Crippen LogP contribution >= 0.6 is 11.6 Å². The van der Waals surface area contributed by atoms with E-state index in [1.807, 2.05) is 24.3 Å². The molecule has 100 valence electrons. The van der Waals surface area contributed by atoms with E-state index in [9.17, 15) is 5.26 Å². The van der Waals surface area contributed by atoms with Crippen molar-refractivity contribution in [2.24, 2.45) is 0 Å². The Morgan fingerprint density at radius 2 is 1.90 bits per heavy atom. The van der Waals surface area contributed by atoms with Crippen molar-refractivity contribution >= 4 is 23.0 Å². The van der Waals surface area contributed by atoms with E-state index in [1.54, 1.807) is 6.07 Å². The van der Waals surface area contributed by atoms with Gasteiger partial charge in [-0.2, -0.15) is 5.26 Å². The summed E-state index contributed by atoms with van der Waals surface area (Å²) in [6.07, 6.45) is 0. The van der Waals surface area contributed by atoms with E-state index in [1.165, 1.54) is 5.56 Å². The van der Waals surface area contributed by atoms with E-state index < -0.39 is 0 Å². The minimum atomic E-state index is 0.500. The van der Waals surface area contributed by atoms with Crippen LogP contribution in [0.25, 0.3) is 0 Å². The van der Waals surface area contributed by atoms with Gasteiger partial charge in [-0.3, -0.25) is 0 Å². The molecule has 0 fully saturated rings. The van der Waals surface area contributed by atoms with Gasteiger partial charge in [0.05, 0.1) is 16.3 Å². The van der Waals surface area contributed by atoms with Crippen molar-refractivity contribution in [1.29, 1.82) is 5.26 Å². The van der Waals surface area contributed by atoms with Crippen molar-refractivity contribution in [3.8, 4) is 6.07 Å². The molecule has 1 aliphatic heterocycles. The number of para-hydroxylation sites is 1. The molecule has 0 spiro atoms. The highest BCUT2D eigenvalue weighted by Crippen LogP contribution is 2.34. The maximum atomic E-state index is 9.37. The van der Waals surface area contributed by atoms with Crippen LogP contribution in [-0.4, -0.2) is 13.1 Å². The highest BCUT2D eigenvalue weighted by atomic mass is 35.5. The normalized spacial score (nSPS) is 14.3. The molecule has 0 radical (unpaired) electrons. The average molecular weight is 284 g/mol. The summed E-state index contributed by atoms with van der Waals surface area (Å²) < 4.78 is 0. The molecule has 20 heavy (non-hydrogen) atoms. The molecule has 0 atom stereocenters. The van der Waals surface area contributed by atoms with Gasteiger partial charge in [0.2, 0.25) is 0 Å². The lowest BCUT2D eigenvalue weighted by atomic mass is 10.1. The molecular formula is C16H14ClN3. The first kappa shape index (κ1) is 13.0. The minimum Gasteiger partial charge on any atom is -0.339 e. The number of nitrogens with zero attached hydrogens (tertiary/aromatic N) is 2. The fraction of sp³-hybridized carbons (Fsp3) is 0.188. The van der Waals surface area contributed by atoms with Gasteiger partial charge < -0.3 is 10.2 Å². The molecule has 0 aliphatic carbocycles. The Balaban J connectivity index is 2.16. The molecule has 2 aromatic rings. The smallest absolute Gasteiger partial charge is 0.103 e. The van der Waals surface area contributed by atoms with E-state index in [2.05, 4.69) is 28.4 Å². The molecule has 0 saturated heterocycles. The fourth-order valence-electron chi connectivity index (χ4n) is 2.56. The maximum absolute atomic E-state index is 9.37. The molecule has 0 saturated carbocycles. The molecule has 0 aromatic heterocycles. The Morgan fingerprint density at radius 3 is 2.75 bits per heavy atom. The van der Waals surface area contributed by atoms with Crippen LogP contribution in [0.4, 0.5) is 11.4 Å². The van der Waals surface area contributed by atoms with Gasteiger partial charge in [0.15, 0.2) is 0 Å². The number of rotatable bonds is 1. The van der Waals surface area contributed by atoms with Crippen LogP contribution in [-0.2, 0) is 6.54 Å². The van der Waals surface area contributed by atoms with Gasteiger partial charge in [-0.15, -0.1) is 0 Å². The van der Waals surface area contributed by atoms with Crippen LogP contribution in [0, 0.1) is 11.3 Å². The van der Waals surface area contributed by atoms with E-state index in [0.717, 1.165) is 31.0 Å². The van der Waals surface area contributed by atoms with Gasteiger partial charge in [0.25, 0.3) is 0 Å². The summed E-state index contributed by atoms with van der Waals surface area (Å²) in [6.45, 7) is 2.52. The number of nitrogens with one attached hydrogen (secondary N) is 1. The third kappa shape index (κ3) is 2.24. The maximum Gasteiger partial charge on any atom is 0.103 e. The zero-order valence-electron chi connectivity index (χ0n) is 10.9. The zero-order chi connectivity index (χ0) is 13.9. The highest BCUT2D eigenvalue weighted by molar-refractivity contribution is 6.32. The molecular weight excluding hydrogens is 270 g/mol. The number of halogens is 1. The summed E-state index contributed by atoms with van der Waals surface area (Å²) in [4.78, 5) is 2.17. The van der Waals surface area contributed by atoms with Crippen molar-refractivity contribution in [3.05, 3.63) is 58.6 Å². The van der Waals surface area contributed by atoms with Gasteiger partial charge in [-0.1, -0.05) is 35.9 Å². The first-order chi connectivity index (χ1) is 9.81. The van der Waals surface area contributed by atoms with Crippen LogP contribution in [0.1, 0.15) is 11.1 Å². The molecule has 1 aliphatic rings. The lowest BCUT2D eigenvalue weighted by Gasteiger charge is -2.25. The number of fused-ring (bicyclic) bond motifs is 1. The van der Waals surface area contributed by atoms with Crippen molar-refractivity contribution in [2.75, 3.05) is 18.0 Å². The zero-order valence-corrected chi connectivity index (χ0v) is 11.7. The Morgan fingerprint density at radius 1 is 1.10 bits per heavy atom. The Labute approximate surface area is 123 Å². The van der Waals surface area contributed by atoms with Crippen LogP contribution in [0.5, 0.6) is 0 Å². The Hall–Kier alpha value is -2.02. The molecule has 2 aromatic carbocycles. The largest absolute Gasteiger partial charge is 0.339 e. The second kappa shape index (κ2) is 5.54. The predicted octanol–water partition coefficient (Wildman–Crippen LogP) is 3.45. The molecule has 3 rings (SSSR count). The molecule has 1 heterocycles. The fourth-order valence-corrected chi connectivity index (χ4v) is 2.77. The van der Waals surface area contributed by atoms with Crippen LogP contribution in [0.15, 0.2) is 42.5 Å². The van der Waals surface area contributed by atoms with Gasteiger partial charge in [-0.05, 0) is 23.8 Å². The van der Waals surface area contributed by atoms with Gasteiger partial charge in [0.1, 0.15) is 6.07 Å². The summed E-state index contributed by atoms with van der Waals surface area (Å²) in [7, 11) is 0. The van der Waals surface area contributed by atoms with Crippen molar-refractivity contribution in [1.82, 2.24) is 5.32 Å². The van der Waals surface area contributed by atoms with Crippen molar-refractivity contribution in [3.63, 3.8) is 0 Å². The summed E-state index contributed by atoms with van der Waals surface area (Å²) in [6, 6.07) is 16.1. The summed E-state index contributed by atoms with van der Waals surface area (Å²) >= 11 is 6.15. The number of hydrogen-bond donors (Lipinski definition) is 1. The van der Waals surface area contributed by atoms with E-state index in [4.69, 9.17) is 11.6 Å². The van der Waals surface area contributed by atoms with Crippen LogP contribution in [0.2, 0.25) is 5.02 Å². The summed E-state index contributed by atoms with van der Waals surface area (Å²) in [5, 5.41) is 13.3. The van der Waals surface area contributed by atoms with Gasteiger partial charge in [-0.25, -0.2) is 0 Å². The molecule has 3 nitrogen and oxygen atoms in total. The average Bonchev–Trinajstić information content (AvgIpc) is 2.69. The third-order valence-corrected chi connectivity index (χ3v) is 3.82. The van der Waals surface area contributed by atoms with E-state index >= 15 is 0 Å². The SMILES string of the molecule is N#Cc1c(Cl)cccc1N1CCNCc2ccccc21. The first-order valence-corrected chi connectivity index (χ1v) is 6.94. The highest BCUT2D eigenvalue weighted by Gasteiger charge is 2.19. The van der Waals surface area contributed by atoms with Crippen molar-refractivity contribution in [2.45, 2.75) is 6.54 Å². The Kier molecular flexibility index (Phi) is 3.60. The number of anilines is 2. The number of nitriles is 1. The van der Waals surface area contributed by atoms with Crippen LogP contribution < -0.4 is 10.2 Å². The summed E-state index contributed by atoms with van der Waals surface area (Å²) in [5.41, 5.74) is 3.77. The monoisotopic (exact) mass is 283 g/mol. The van der Waals surface area contributed by atoms with E-state index in [0.29, 0.717) is 10.6 Å².